The van der Waals surface area contributed by atoms with Gasteiger partial charge in [-0.25, -0.2) is 4.98 Å². The van der Waals surface area contributed by atoms with Crippen LogP contribution in [0, 0.1) is 39.6 Å². The molecule has 0 spiro atoms. The molecule has 4 heterocycles. The third-order valence-electron chi connectivity index (χ3n) is 12.1. The molecule has 0 unspecified atom stereocenters. The van der Waals surface area contributed by atoms with Crippen molar-refractivity contribution in [3.05, 3.63) is 210 Å². The standard InChI is InChI=1S/C57H45N4O2.Pt/c1-36-30-37(2)53(38(3)31-36)60-35-59(54(39-18-9-7-10-19-39)55(60)40-20-11-8-12-21-40)42-22-17-23-43(33-42)62-49-34-47-51(56-52(49)45-25-14-16-27-48(45)63-56)44-24-13-15-26-46(44)61(47)50-32-41(28-29-58-50)57(4,5)6;/h7-32,35H,1-6H3;/q-3;. The van der Waals surface area contributed by atoms with Crippen molar-refractivity contribution in [2.24, 2.45) is 0 Å². The van der Waals surface area contributed by atoms with Gasteiger partial charge in [-0.05, 0) is 94.4 Å². The molecule has 0 saturated heterocycles. The van der Waals surface area contributed by atoms with Crippen LogP contribution in [0.3, 0.4) is 0 Å². The van der Waals surface area contributed by atoms with Gasteiger partial charge >= 0.3 is 0 Å². The van der Waals surface area contributed by atoms with Crippen LogP contribution in [0.1, 0.15) is 54.2 Å². The van der Waals surface area contributed by atoms with Crippen LogP contribution < -0.4 is 14.5 Å². The monoisotopic (exact) mass is 1010 g/mol. The van der Waals surface area contributed by atoms with E-state index < -0.39 is 0 Å². The number of aryl methyl sites for hydroxylation is 3. The predicted octanol–water partition coefficient (Wildman–Crippen LogP) is 14.7. The van der Waals surface area contributed by atoms with E-state index in [0.717, 1.165) is 83.5 Å². The van der Waals surface area contributed by atoms with Gasteiger partial charge in [-0.2, -0.15) is 6.07 Å². The number of fused-ring (bicyclic) bond motifs is 7. The molecule has 1 aliphatic rings. The van der Waals surface area contributed by atoms with Crippen LogP contribution in [0.25, 0.3) is 61.0 Å². The average molecular weight is 1010 g/mol. The number of furan rings is 1. The Labute approximate surface area is 388 Å². The van der Waals surface area contributed by atoms with Crippen LogP contribution in [-0.2, 0) is 26.5 Å². The van der Waals surface area contributed by atoms with Gasteiger partial charge in [-0.3, -0.25) is 0 Å². The second-order valence-electron chi connectivity index (χ2n) is 17.5. The van der Waals surface area contributed by atoms with E-state index in [2.05, 4.69) is 196 Å². The van der Waals surface area contributed by atoms with Gasteiger partial charge in [0.1, 0.15) is 11.4 Å². The van der Waals surface area contributed by atoms with Crippen LogP contribution in [0.2, 0.25) is 0 Å². The number of benzene rings is 7. The van der Waals surface area contributed by atoms with Crippen LogP contribution in [0.15, 0.2) is 162 Å². The molecular weight excluding hydrogens is 968 g/mol. The molecule has 7 aromatic carbocycles. The quantitative estimate of drug-likeness (QED) is 0.149. The Balaban J connectivity index is 0.00000484. The summed E-state index contributed by atoms with van der Waals surface area (Å²) in [7, 11) is 0. The minimum atomic E-state index is -0.0691. The average Bonchev–Trinajstić information content (AvgIpc) is 3.97. The molecule has 0 fully saturated rings. The number of hydrogen-bond acceptors (Lipinski definition) is 5. The van der Waals surface area contributed by atoms with Gasteiger partial charge in [0.05, 0.1) is 0 Å². The number of ether oxygens (including phenoxy) is 1. The summed E-state index contributed by atoms with van der Waals surface area (Å²) in [5.41, 5.74) is 14.4. The molecule has 11 rings (SSSR count). The molecule has 0 aliphatic carbocycles. The van der Waals surface area contributed by atoms with Crippen LogP contribution >= 0.6 is 0 Å². The number of anilines is 2. The first-order chi connectivity index (χ1) is 30.6. The fraction of sp³-hybridized carbons (Fsp3) is 0.123. The Kier molecular flexibility index (Phi) is 10.3. The molecule has 0 atom stereocenters. The summed E-state index contributed by atoms with van der Waals surface area (Å²) in [6.07, 6.45) is 1.90. The molecule has 0 amide bonds. The molecule has 318 valence electrons. The van der Waals surface area contributed by atoms with Gasteiger partial charge in [0.25, 0.3) is 0 Å². The van der Waals surface area contributed by atoms with E-state index in [0.29, 0.717) is 11.5 Å². The first-order valence-corrected chi connectivity index (χ1v) is 21.5. The Hall–Kier alpha value is -6.88. The van der Waals surface area contributed by atoms with Crippen LogP contribution in [0.4, 0.5) is 11.4 Å². The summed E-state index contributed by atoms with van der Waals surface area (Å²) >= 11 is 0. The van der Waals surface area contributed by atoms with E-state index >= 15 is 0 Å². The zero-order valence-corrected chi connectivity index (χ0v) is 38.8. The summed E-state index contributed by atoms with van der Waals surface area (Å²) in [4.78, 5) is 9.52. The van der Waals surface area contributed by atoms with Crippen molar-refractivity contribution in [1.29, 1.82) is 0 Å². The first-order valence-electron chi connectivity index (χ1n) is 21.5. The van der Waals surface area contributed by atoms with Gasteiger partial charge < -0.3 is 23.5 Å². The van der Waals surface area contributed by atoms with E-state index in [9.17, 15) is 0 Å². The van der Waals surface area contributed by atoms with E-state index in [-0.39, 0.29) is 26.5 Å². The molecule has 3 aromatic heterocycles. The van der Waals surface area contributed by atoms with Crippen molar-refractivity contribution in [1.82, 2.24) is 9.55 Å². The van der Waals surface area contributed by atoms with E-state index in [1.807, 2.05) is 36.5 Å². The third kappa shape index (κ3) is 6.89. The number of aromatic nitrogens is 2. The van der Waals surface area contributed by atoms with Gasteiger partial charge in [-0.1, -0.05) is 146 Å². The second-order valence-corrected chi connectivity index (χ2v) is 17.5. The number of rotatable bonds is 7. The molecule has 0 bridgehead atoms. The van der Waals surface area contributed by atoms with Crippen LogP contribution in [0.5, 0.6) is 11.5 Å². The first kappa shape index (κ1) is 41.1. The molecule has 0 radical (unpaired) electrons. The van der Waals surface area contributed by atoms with Crippen molar-refractivity contribution < 1.29 is 30.2 Å². The Morgan fingerprint density at radius 2 is 1.28 bits per heavy atom. The van der Waals surface area contributed by atoms with Gasteiger partial charge in [0, 0.05) is 66.9 Å². The number of nitrogens with zero attached hydrogens (tertiary/aromatic N) is 4. The molecule has 0 N–H and O–H groups in total. The van der Waals surface area contributed by atoms with Crippen molar-refractivity contribution in [3.8, 4) is 17.3 Å². The van der Waals surface area contributed by atoms with Crippen molar-refractivity contribution in [2.75, 3.05) is 9.80 Å². The Bertz CT molecular complexity index is 3410. The Morgan fingerprint density at radius 1 is 0.641 bits per heavy atom. The number of hydrogen-bond donors (Lipinski definition) is 0. The van der Waals surface area contributed by atoms with Crippen molar-refractivity contribution >= 4 is 66.5 Å². The summed E-state index contributed by atoms with van der Waals surface area (Å²) in [5, 5.41) is 3.83. The zero-order chi connectivity index (χ0) is 43.0. The molecule has 6 nitrogen and oxygen atoms in total. The minimum absolute atomic E-state index is 0. The summed E-state index contributed by atoms with van der Waals surface area (Å²) in [6, 6.07) is 60.2. The third-order valence-corrected chi connectivity index (χ3v) is 12.1. The molecular formula is C57H45N4O2Pt-3. The zero-order valence-electron chi connectivity index (χ0n) is 36.5. The SMILES string of the molecule is Cc1cc(C)c(N2[CH-]N(c3[c-]c(Oc4[c-]c5c(c6ccccc6n5-c5cc(C(C)(C)C)ccn5)c5oc6ccccc6c45)ccc3)C(c3ccccc3)=C2c2ccccc2)c(C)c1.[Pt]. The maximum absolute atomic E-state index is 7.07. The molecule has 0 saturated carbocycles. The molecule has 1 aliphatic heterocycles. The molecule has 64 heavy (non-hydrogen) atoms. The van der Waals surface area contributed by atoms with E-state index in [4.69, 9.17) is 14.1 Å². The molecule has 10 aromatic rings. The number of para-hydroxylation sites is 2. The van der Waals surface area contributed by atoms with Crippen molar-refractivity contribution in [3.63, 3.8) is 0 Å². The second kappa shape index (κ2) is 16.0. The fourth-order valence-electron chi connectivity index (χ4n) is 9.38. The minimum Gasteiger partial charge on any atom is -0.508 e. The summed E-state index contributed by atoms with van der Waals surface area (Å²) in [5.74, 6) is 1.91. The molecule has 7 heteroatoms. The van der Waals surface area contributed by atoms with Gasteiger partial charge in [-0.15, -0.1) is 36.6 Å². The summed E-state index contributed by atoms with van der Waals surface area (Å²) in [6.45, 7) is 15.4. The van der Waals surface area contributed by atoms with Crippen molar-refractivity contribution in [2.45, 2.75) is 47.0 Å². The maximum atomic E-state index is 7.07. The maximum Gasteiger partial charge on any atom is 0.135 e. The fourth-order valence-corrected chi connectivity index (χ4v) is 9.38. The summed E-state index contributed by atoms with van der Waals surface area (Å²) < 4.78 is 16.1. The van der Waals surface area contributed by atoms with Crippen LogP contribution in [-0.4, -0.2) is 9.55 Å². The van der Waals surface area contributed by atoms with E-state index in [1.165, 1.54) is 22.3 Å². The number of pyridine rings is 1. The Morgan fingerprint density at radius 3 is 1.98 bits per heavy atom. The van der Waals surface area contributed by atoms with Gasteiger partial charge in [0.2, 0.25) is 0 Å². The van der Waals surface area contributed by atoms with E-state index in [1.54, 1.807) is 0 Å². The predicted molar refractivity (Wildman–Crippen MR) is 258 cm³/mol. The topological polar surface area (TPSA) is 46.7 Å². The smallest absolute Gasteiger partial charge is 0.135 e. The van der Waals surface area contributed by atoms with Gasteiger partial charge in [0.15, 0.2) is 0 Å². The largest absolute Gasteiger partial charge is 0.508 e. The normalized spacial score (nSPS) is 13.2.